The number of benzene rings is 2. The summed E-state index contributed by atoms with van der Waals surface area (Å²) in [5.41, 5.74) is 3.27. The van der Waals surface area contributed by atoms with Crippen molar-refractivity contribution in [1.29, 1.82) is 5.26 Å². The molecule has 0 unspecified atom stereocenters. The monoisotopic (exact) mass is 319 g/mol. The normalized spacial score (nSPS) is 10.7. The number of carboxylic acids is 1. The summed E-state index contributed by atoms with van der Waals surface area (Å²) in [6.45, 7) is 2.92. The number of unbranched alkanes of at least 4 members (excludes halogenated alkanes) is 1. The van der Waals surface area contributed by atoms with Gasteiger partial charge in [-0.1, -0.05) is 25.5 Å². The highest BCUT2D eigenvalue weighted by Crippen LogP contribution is 2.27. The van der Waals surface area contributed by atoms with E-state index in [1.165, 1.54) is 0 Å². The van der Waals surface area contributed by atoms with Gasteiger partial charge in [0.2, 0.25) is 0 Å². The maximum absolute atomic E-state index is 11.2. The molecule has 0 saturated carbocycles. The highest BCUT2D eigenvalue weighted by Gasteiger charge is 2.14. The number of aryl methyl sites for hydroxylation is 1. The molecule has 24 heavy (non-hydrogen) atoms. The van der Waals surface area contributed by atoms with Crippen LogP contribution in [-0.2, 0) is 6.54 Å². The highest BCUT2D eigenvalue weighted by atomic mass is 16.4. The van der Waals surface area contributed by atoms with Crippen LogP contribution >= 0.6 is 0 Å². The molecule has 0 amide bonds. The predicted molar refractivity (Wildman–Crippen MR) is 91.8 cm³/mol. The third-order valence-corrected chi connectivity index (χ3v) is 3.98. The highest BCUT2D eigenvalue weighted by molar-refractivity contribution is 5.90. The molecular weight excluding hydrogens is 302 g/mol. The number of aromatic nitrogens is 2. The molecule has 0 aliphatic heterocycles. The third-order valence-electron chi connectivity index (χ3n) is 3.98. The molecule has 5 heteroatoms. The summed E-state index contributed by atoms with van der Waals surface area (Å²) in [5, 5.41) is 18.3. The molecule has 0 aliphatic rings. The van der Waals surface area contributed by atoms with Gasteiger partial charge in [-0.2, -0.15) is 5.26 Å². The molecule has 0 fully saturated rings. The van der Waals surface area contributed by atoms with Crippen molar-refractivity contribution in [3.8, 4) is 17.5 Å². The lowest BCUT2D eigenvalue weighted by Gasteiger charge is -2.09. The fourth-order valence-electron chi connectivity index (χ4n) is 2.75. The first-order valence-electron chi connectivity index (χ1n) is 7.88. The lowest BCUT2D eigenvalue weighted by Crippen LogP contribution is -2.02. The van der Waals surface area contributed by atoms with E-state index in [0.717, 1.165) is 41.8 Å². The molecule has 0 spiro atoms. The molecule has 0 radical (unpaired) electrons. The van der Waals surface area contributed by atoms with Crippen LogP contribution in [0, 0.1) is 11.3 Å². The second-order valence-corrected chi connectivity index (χ2v) is 5.64. The number of aromatic carboxylic acids is 1. The van der Waals surface area contributed by atoms with Crippen LogP contribution in [-0.4, -0.2) is 20.6 Å². The van der Waals surface area contributed by atoms with Gasteiger partial charge < -0.3 is 9.67 Å². The number of rotatable bonds is 5. The first-order valence-corrected chi connectivity index (χ1v) is 7.88. The van der Waals surface area contributed by atoms with Crippen LogP contribution in [0.1, 0.15) is 35.7 Å². The summed E-state index contributed by atoms with van der Waals surface area (Å²) in [6, 6.07) is 14.4. The lowest BCUT2D eigenvalue weighted by atomic mass is 10.1. The first-order chi connectivity index (χ1) is 11.6. The largest absolute Gasteiger partial charge is 0.478 e. The molecule has 3 rings (SSSR count). The minimum atomic E-state index is -0.958. The van der Waals surface area contributed by atoms with Gasteiger partial charge >= 0.3 is 5.97 Å². The summed E-state index contributed by atoms with van der Waals surface area (Å²) in [7, 11) is 0. The molecule has 5 nitrogen and oxygen atoms in total. The molecule has 1 heterocycles. The van der Waals surface area contributed by atoms with Crippen LogP contribution in [0.3, 0.4) is 0 Å². The summed E-state index contributed by atoms with van der Waals surface area (Å²) in [5.74, 6) is -0.225. The minimum Gasteiger partial charge on any atom is -0.478 e. The Bertz CT molecular complexity index is 951. The van der Waals surface area contributed by atoms with Gasteiger partial charge in [0, 0.05) is 12.1 Å². The average Bonchev–Trinajstić information content (AvgIpc) is 2.97. The van der Waals surface area contributed by atoms with Crippen molar-refractivity contribution in [2.24, 2.45) is 0 Å². The van der Waals surface area contributed by atoms with Gasteiger partial charge in [-0.15, -0.1) is 0 Å². The van der Waals surface area contributed by atoms with E-state index in [4.69, 9.17) is 5.26 Å². The van der Waals surface area contributed by atoms with Crippen LogP contribution in [0.25, 0.3) is 22.4 Å². The predicted octanol–water partition coefficient (Wildman–Crippen LogP) is 4.07. The van der Waals surface area contributed by atoms with Crippen LogP contribution in [0.4, 0.5) is 0 Å². The Balaban J connectivity index is 2.20. The topological polar surface area (TPSA) is 78.9 Å². The fourth-order valence-corrected chi connectivity index (χ4v) is 2.75. The molecule has 120 valence electrons. The Kier molecular flexibility index (Phi) is 4.30. The summed E-state index contributed by atoms with van der Waals surface area (Å²) in [4.78, 5) is 15.9. The zero-order valence-corrected chi connectivity index (χ0v) is 13.4. The second kappa shape index (κ2) is 6.55. The van der Waals surface area contributed by atoms with E-state index < -0.39 is 5.97 Å². The van der Waals surface area contributed by atoms with Crippen molar-refractivity contribution in [3.05, 3.63) is 53.6 Å². The van der Waals surface area contributed by atoms with E-state index in [2.05, 4.69) is 22.5 Å². The van der Waals surface area contributed by atoms with Gasteiger partial charge in [-0.3, -0.25) is 0 Å². The molecule has 1 N–H and O–H groups in total. The Labute approximate surface area is 139 Å². The van der Waals surface area contributed by atoms with Gasteiger partial charge in [-0.25, -0.2) is 9.78 Å². The number of nitrogens with zero attached hydrogens (tertiary/aromatic N) is 3. The maximum atomic E-state index is 11.2. The van der Waals surface area contributed by atoms with E-state index >= 15 is 0 Å². The Morgan fingerprint density at radius 3 is 2.83 bits per heavy atom. The van der Waals surface area contributed by atoms with Crippen molar-refractivity contribution < 1.29 is 9.90 Å². The quantitative estimate of drug-likeness (QED) is 0.768. The standard InChI is InChI=1S/C19H17N3O2/c1-2-3-9-22-17-8-7-13(12-20)10-16(17)21-18(22)14-5-4-6-15(11-14)19(23)24/h4-8,10-11H,2-3,9H2,1H3,(H,23,24). The smallest absolute Gasteiger partial charge is 0.335 e. The van der Waals surface area contributed by atoms with Gasteiger partial charge in [-0.05, 0) is 36.8 Å². The Hall–Kier alpha value is -3.13. The number of imidazole rings is 1. The van der Waals surface area contributed by atoms with E-state index in [0.29, 0.717) is 5.56 Å². The van der Waals surface area contributed by atoms with Gasteiger partial charge in [0.15, 0.2) is 0 Å². The fraction of sp³-hybridized carbons (Fsp3) is 0.211. The number of nitriles is 1. The van der Waals surface area contributed by atoms with E-state index in [1.807, 2.05) is 12.1 Å². The van der Waals surface area contributed by atoms with Crippen molar-refractivity contribution >= 4 is 17.0 Å². The van der Waals surface area contributed by atoms with E-state index in [9.17, 15) is 9.90 Å². The van der Waals surface area contributed by atoms with Crippen molar-refractivity contribution in [3.63, 3.8) is 0 Å². The molecule has 2 aromatic carbocycles. The zero-order valence-electron chi connectivity index (χ0n) is 13.4. The molecule has 0 atom stereocenters. The molecule has 3 aromatic rings. The van der Waals surface area contributed by atoms with Crippen LogP contribution in [0.15, 0.2) is 42.5 Å². The van der Waals surface area contributed by atoms with Crippen LogP contribution in [0.5, 0.6) is 0 Å². The number of hydrogen-bond donors (Lipinski definition) is 1. The van der Waals surface area contributed by atoms with Gasteiger partial charge in [0.1, 0.15) is 5.82 Å². The van der Waals surface area contributed by atoms with Crippen LogP contribution < -0.4 is 0 Å². The maximum Gasteiger partial charge on any atom is 0.335 e. The minimum absolute atomic E-state index is 0.235. The number of hydrogen-bond acceptors (Lipinski definition) is 3. The third kappa shape index (κ3) is 2.86. The van der Waals surface area contributed by atoms with Gasteiger partial charge in [0.05, 0.1) is 28.2 Å². The summed E-state index contributed by atoms with van der Waals surface area (Å²) in [6.07, 6.45) is 2.04. The second-order valence-electron chi connectivity index (χ2n) is 5.64. The average molecular weight is 319 g/mol. The molecule has 0 saturated heterocycles. The summed E-state index contributed by atoms with van der Waals surface area (Å²) < 4.78 is 2.10. The Morgan fingerprint density at radius 1 is 1.29 bits per heavy atom. The summed E-state index contributed by atoms with van der Waals surface area (Å²) >= 11 is 0. The van der Waals surface area contributed by atoms with E-state index in [-0.39, 0.29) is 5.56 Å². The SMILES string of the molecule is CCCCn1c(-c2cccc(C(=O)O)c2)nc2cc(C#N)ccc21. The van der Waals surface area contributed by atoms with Crippen molar-refractivity contribution in [2.75, 3.05) is 0 Å². The molecular formula is C19H17N3O2. The van der Waals surface area contributed by atoms with Crippen molar-refractivity contribution in [1.82, 2.24) is 9.55 Å². The molecule has 1 aromatic heterocycles. The lowest BCUT2D eigenvalue weighted by molar-refractivity contribution is 0.0697. The van der Waals surface area contributed by atoms with Crippen molar-refractivity contribution in [2.45, 2.75) is 26.3 Å². The van der Waals surface area contributed by atoms with Gasteiger partial charge in [0.25, 0.3) is 0 Å². The zero-order chi connectivity index (χ0) is 17.1. The number of carbonyl (C=O) groups is 1. The van der Waals surface area contributed by atoms with E-state index in [1.54, 1.807) is 30.3 Å². The van der Waals surface area contributed by atoms with Crippen LogP contribution in [0.2, 0.25) is 0 Å². The number of carboxylic acid groups (broad SMARTS) is 1. The Morgan fingerprint density at radius 2 is 2.12 bits per heavy atom. The molecule has 0 aliphatic carbocycles. The number of fused-ring (bicyclic) bond motifs is 1. The molecule has 0 bridgehead atoms. The first kappa shape index (κ1) is 15.8.